The third kappa shape index (κ3) is 5.12. The number of amides is 1. The molecule has 1 aliphatic heterocycles. The molecule has 8 heteroatoms. The predicted molar refractivity (Wildman–Crippen MR) is 111 cm³/mol. The van der Waals surface area contributed by atoms with Crippen molar-refractivity contribution in [3.8, 4) is 6.07 Å². The molecular formula is C21H25N3O4S. The van der Waals surface area contributed by atoms with Crippen LogP contribution in [0.15, 0.2) is 57.3 Å². The molecule has 1 aliphatic rings. The second kappa shape index (κ2) is 10.6. The lowest BCUT2D eigenvalue weighted by atomic mass is 9.86. The first-order valence-electron chi connectivity index (χ1n) is 9.32. The van der Waals surface area contributed by atoms with E-state index >= 15 is 0 Å². The Morgan fingerprint density at radius 1 is 1.45 bits per heavy atom. The molecule has 0 unspecified atom stereocenters. The highest BCUT2D eigenvalue weighted by Crippen LogP contribution is 2.41. The molecule has 1 atom stereocenters. The summed E-state index contributed by atoms with van der Waals surface area (Å²) in [5, 5.41) is 13.5. The number of hydrogen-bond acceptors (Lipinski definition) is 7. The third-order valence-electron chi connectivity index (χ3n) is 4.48. The van der Waals surface area contributed by atoms with Gasteiger partial charge in [0.1, 0.15) is 12.4 Å². The molecule has 0 radical (unpaired) electrons. The molecule has 2 heterocycles. The maximum absolute atomic E-state index is 12.7. The highest BCUT2D eigenvalue weighted by Gasteiger charge is 2.37. The molecule has 154 valence electrons. The summed E-state index contributed by atoms with van der Waals surface area (Å²) in [5.41, 5.74) is 1.17. The lowest BCUT2D eigenvalue weighted by molar-refractivity contribution is -0.138. The molecule has 1 N–H and O–H groups in total. The number of nitriles is 1. The number of nitrogens with one attached hydrogen (secondary N) is 1. The molecule has 7 nitrogen and oxygen atoms in total. The minimum absolute atomic E-state index is 0.0149. The molecule has 0 spiro atoms. The summed E-state index contributed by atoms with van der Waals surface area (Å²) in [7, 11) is 0. The van der Waals surface area contributed by atoms with Crippen LogP contribution < -0.4 is 5.32 Å². The van der Waals surface area contributed by atoms with Crippen molar-refractivity contribution in [1.29, 1.82) is 5.26 Å². The first-order valence-corrected chi connectivity index (χ1v) is 10.3. The average Bonchev–Trinajstić information content (AvgIpc) is 3.25. The Kier molecular flexibility index (Phi) is 8.16. The van der Waals surface area contributed by atoms with E-state index in [0.717, 1.165) is 0 Å². The Morgan fingerprint density at radius 3 is 2.72 bits per heavy atom. The van der Waals surface area contributed by atoms with Crippen LogP contribution in [-0.2, 0) is 14.3 Å². The van der Waals surface area contributed by atoms with Crippen molar-refractivity contribution in [3.05, 3.63) is 58.7 Å². The van der Waals surface area contributed by atoms with E-state index in [1.807, 2.05) is 13.8 Å². The number of allylic oxidation sites excluding steroid dienone is 2. The van der Waals surface area contributed by atoms with E-state index in [9.17, 15) is 14.9 Å². The van der Waals surface area contributed by atoms with Crippen LogP contribution in [0.25, 0.3) is 0 Å². The van der Waals surface area contributed by atoms with Crippen molar-refractivity contribution in [3.63, 3.8) is 0 Å². The number of thioether (sulfide) groups is 1. The minimum atomic E-state index is -0.709. The summed E-state index contributed by atoms with van der Waals surface area (Å²) in [4.78, 5) is 26.8. The van der Waals surface area contributed by atoms with Crippen LogP contribution in [0.2, 0.25) is 0 Å². The fraction of sp³-hybridized carbons (Fsp3) is 0.381. The lowest BCUT2D eigenvalue weighted by Crippen LogP contribution is -2.33. The summed E-state index contributed by atoms with van der Waals surface area (Å²) in [6, 6.07) is 5.60. The number of carbonyl (C=O) groups is 2. The van der Waals surface area contributed by atoms with Crippen LogP contribution in [0.3, 0.4) is 0 Å². The first kappa shape index (κ1) is 22.4. The van der Waals surface area contributed by atoms with Crippen molar-refractivity contribution < 1.29 is 18.7 Å². The number of esters is 1. The fourth-order valence-corrected chi connectivity index (χ4v) is 4.05. The lowest BCUT2D eigenvalue weighted by Gasteiger charge is -2.28. The van der Waals surface area contributed by atoms with Gasteiger partial charge in [-0.15, -0.1) is 0 Å². The van der Waals surface area contributed by atoms with Crippen molar-refractivity contribution in [1.82, 2.24) is 10.2 Å². The van der Waals surface area contributed by atoms with E-state index in [-0.39, 0.29) is 18.3 Å². The molecule has 0 aliphatic carbocycles. The van der Waals surface area contributed by atoms with Gasteiger partial charge in [0.05, 0.1) is 40.2 Å². The van der Waals surface area contributed by atoms with Gasteiger partial charge in [-0.05, 0) is 32.9 Å². The average molecular weight is 416 g/mol. The van der Waals surface area contributed by atoms with Gasteiger partial charge in [-0.1, -0.05) is 24.4 Å². The van der Waals surface area contributed by atoms with Crippen molar-refractivity contribution in [2.45, 2.75) is 26.7 Å². The summed E-state index contributed by atoms with van der Waals surface area (Å²) in [5.74, 6) is -0.629. The topological polar surface area (TPSA) is 95.6 Å². The Morgan fingerprint density at radius 2 is 2.17 bits per heavy atom. The zero-order valence-electron chi connectivity index (χ0n) is 16.9. The van der Waals surface area contributed by atoms with Crippen LogP contribution in [0.1, 0.15) is 32.4 Å². The first-order chi connectivity index (χ1) is 14.0. The Balaban J connectivity index is 2.38. The van der Waals surface area contributed by atoms with Gasteiger partial charge in [0.2, 0.25) is 5.91 Å². The van der Waals surface area contributed by atoms with Crippen LogP contribution in [0, 0.1) is 11.3 Å². The molecule has 1 amide bonds. The Labute approximate surface area is 175 Å². The van der Waals surface area contributed by atoms with Gasteiger partial charge in [-0.2, -0.15) is 5.26 Å². The van der Waals surface area contributed by atoms with Crippen molar-refractivity contribution in [2.75, 3.05) is 25.4 Å². The molecule has 0 bridgehead atoms. The van der Waals surface area contributed by atoms with Gasteiger partial charge in [0.15, 0.2) is 0 Å². The number of nitrogens with zero attached hydrogens (tertiary/aromatic N) is 2. The van der Waals surface area contributed by atoms with Crippen LogP contribution >= 0.6 is 11.8 Å². The fourth-order valence-electron chi connectivity index (χ4n) is 3.05. The van der Waals surface area contributed by atoms with E-state index in [4.69, 9.17) is 9.15 Å². The molecular weight excluding hydrogens is 390 g/mol. The SMILES string of the molecule is C=CCOC(=O)C1=C(C)NC(SCC(=O)N(CC)CC)=C(C#N)[C@H]1c1ccco1. The molecule has 1 aromatic rings. The maximum Gasteiger partial charge on any atom is 0.337 e. The second-order valence-corrected chi connectivity index (χ2v) is 7.19. The van der Waals surface area contributed by atoms with Crippen LogP contribution in [0.4, 0.5) is 0 Å². The second-order valence-electron chi connectivity index (χ2n) is 6.21. The van der Waals surface area contributed by atoms with Crippen molar-refractivity contribution >= 4 is 23.6 Å². The third-order valence-corrected chi connectivity index (χ3v) is 5.49. The van der Waals surface area contributed by atoms with E-state index in [2.05, 4.69) is 18.0 Å². The monoisotopic (exact) mass is 415 g/mol. The van der Waals surface area contributed by atoms with Crippen LogP contribution in [0.5, 0.6) is 0 Å². The molecule has 0 saturated carbocycles. The summed E-state index contributed by atoms with van der Waals surface area (Å²) in [6.45, 7) is 10.4. The number of hydrogen-bond donors (Lipinski definition) is 1. The van der Waals surface area contributed by atoms with Gasteiger partial charge in [-0.25, -0.2) is 4.79 Å². The number of rotatable bonds is 9. The standard InChI is InChI=1S/C21H25N3O4S/c1-5-10-28-21(26)18-14(4)23-20(29-13-17(25)24(6-2)7-3)15(12-22)19(18)16-9-8-11-27-16/h5,8-9,11,19,23H,1,6-7,10,13H2,2-4H3/t19-/m0/s1. The summed E-state index contributed by atoms with van der Waals surface area (Å²) in [6.07, 6.45) is 2.97. The summed E-state index contributed by atoms with van der Waals surface area (Å²) < 4.78 is 10.7. The molecule has 0 aromatic carbocycles. The predicted octanol–water partition coefficient (Wildman–Crippen LogP) is 3.31. The van der Waals surface area contributed by atoms with Crippen molar-refractivity contribution in [2.24, 2.45) is 0 Å². The van der Waals surface area contributed by atoms with Gasteiger partial charge < -0.3 is 19.4 Å². The maximum atomic E-state index is 12.7. The smallest absolute Gasteiger partial charge is 0.337 e. The van der Waals surface area contributed by atoms with E-state index in [0.29, 0.717) is 40.7 Å². The van der Waals surface area contributed by atoms with Crippen LogP contribution in [-0.4, -0.2) is 42.2 Å². The number of ether oxygens (including phenoxy) is 1. The molecule has 0 fully saturated rings. The van der Waals surface area contributed by atoms with E-state index < -0.39 is 11.9 Å². The number of dihydropyridines is 1. The molecule has 1 aromatic heterocycles. The zero-order valence-corrected chi connectivity index (χ0v) is 17.7. The van der Waals surface area contributed by atoms with E-state index in [1.165, 1.54) is 24.1 Å². The highest BCUT2D eigenvalue weighted by atomic mass is 32.2. The van der Waals surface area contributed by atoms with Gasteiger partial charge in [0.25, 0.3) is 0 Å². The Bertz CT molecular complexity index is 861. The molecule has 0 saturated heterocycles. The molecule has 2 rings (SSSR count). The van der Waals surface area contributed by atoms with Gasteiger partial charge in [-0.3, -0.25) is 4.79 Å². The Hall–Kier alpha value is -2.92. The minimum Gasteiger partial charge on any atom is -0.468 e. The summed E-state index contributed by atoms with van der Waals surface area (Å²) >= 11 is 1.24. The quantitative estimate of drug-likeness (QED) is 0.488. The van der Waals surface area contributed by atoms with E-state index in [1.54, 1.807) is 24.0 Å². The van der Waals surface area contributed by atoms with Gasteiger partial charge in [0, 0.05) is 18.8 Å². The largest absolute Gasteiger partial charge is 0.468 e. The normalized spacial score (nSPS) is 16.1. The van der Waals surface area contributed by atoms with Gasteiger partial charge >= 0.3 is 5.97 Å². The number of furan rings is 1. The highest BCUT2D eigenvalue weighted by molar-refractivity contribution is 8.03. The number of carbonyl (C=O) groups excluding carboxylic acids is 2. The zero-order chi connectivity index (χ0) is 21.4. The molecule has 29 heavy (non-hydrogen) atoms.